The molecule has 29 heavy (non-hydrogen) atoms. The number of nitrogens with zero attached hydrogens (tertiary/aromatic N) is 1. The number of ether oxygens (including phenoxy) is 1. The van der Waals surface area contributed by atoms with Gasteiger partial charge in [-0.25, -0.2) is 9.59 Å². The summed E-state index contributed by atoms with van der Waals surface area (Å²) in [7, 11) is 0. The van der Waals surface area contributed by atoms with Gasteiger partial charge in [-0.15, -0.1) is 0 Å². The van der Waals surface area contributed by atoms with Gasteiger partial charge in [-0.05, 0) is 42.9 Å². The molecule has 1 aliphatic carbocycles. The molecule has 2 aliphatic rings. The van der Waals surface area contributed by atoms with Gasteiger partial charge in [0.1, 0.15) is 0 Å². The van der Waals surface area contributed by atoms with Gasteiger partial charge in [0.25, 0.3) is 0 Å². The molecule has 0 saturated heterocycles. The zero-order chi connectivity index (χ0) is 21.0. The highest BCUT2D eigenvalue weighted by Gasteiger charge is 2.34. The van der Waals surface area contributed by atoms with Crippen molar-refractivity contribution in [3.05, 3.63) is 51.0 Å². The molecule has 1 aromatic carbocycles. The number of esters is 1. The first-order chi connectivity index (χ1) is 13.9. The molecule has 0 aromatic heterocycles. The molecule has 9 heteroatoms. The highest BCUT2D eigenvalue weighted by atomic mass is 19.1. The van der Waals surface area contributed by atoms with Crippen molar-refractivity contribution in [3.63, 3.8) is 0 Å². The third kappa shape index (κ3) is 4.72. The van der Waals surface area contributed by atoms with E-state index in [1.807, 2.05) is 0 Å². The van der Waals surface area contributed by atoms with Crippen molar-refractivity contribution in [1.82, 2.24) is 10.6 Å². The SMILES string of the molecule is CCC1=C(C(=O)OCC2CCCCC2)C(c2ccc([N+](=O)[O-])c(F)c2)NC(=O)N1. The van der Waals surface area contributed by atoms with Crippen molar-refractivity contribution >= 4 is 17.7 Å². The molecule has 3 rings (SSSR count). The quantitative estimate of drug-likeness (QED) is 0.424. The summed E-state index contributed by atoms with van der Waals surface area (Å²) in [6.45, 7) is 2.08. The van der Waals surface area contributed by atoms with Gasteiger partial charge in [-0.1, -0.05) is 26.2 Å². The molecule has 1 saturated carbocycles. The number of carbonyl (C=O) groups excluding carboxylic acids is 2. The molecule has 156 valence electrons. The molecule has 1 fully saturated rings. The molecule has 8 nitrogen and oxygen atoms in total. The topological polar surface area (TPSA) is 111 Å². The van der Waals surface area contributed by atoms with E-state index in [9.17, 15) is 24.1 Å². The van der Waals surface area contributed by atoms with Crippen molar-refractivity contribution in [3.8, 4) is 0 Å². The summed E-state index contributed by atoms with van der Waals surface area (Å²) in [5.74, 6) is -1.29. The molecule has 0 bridgehead atoms. The second kappa shape index (κ2) is 9.02. The molecule has 1 atom stereocenters. The number of rotatable bonds is 6. The second-order valence-corrected chi connectivity index (χ2v) is 7.35. The van der Waals surface area contributed by atoms with Crippen LogP contribution >= 0.6 is 0 Å². The van der Waals surface area contributed by atoms with Crippen molar-refractivity contribution < 1.29 is 23.6 Å². The lowest BCUT2D eigenvalue weighted by Crippen LogP contribution is -2.46. The first kappa shape index (κ1) is 20.8. The smallest absolute Gasteiger partial charge is 0.338 e. The van der Waals surface area contributed by atoms with Crippen LogP contribution in [0.4, 0.5) is 14.9 Å². The molecule has 1 heterocycles. The van der Waals surface area contributed by atoms with Gasteiger partial charge < -0.3 is 15.4 Å². The summed E-state index contributed by atoms with van der Waals surface area (Å²) >= 11 is 0. The summed E-state index contributed by atoms with van der Waals surface area (Å²) in [5, 5.41) is 16.1. The van der Waals surface area contributed by atoms with E-state index in [1.165, 1.54) is 12.5 Å². The van der Waals surface area contributed by atoms with Crippen LogP contribution in [0.15, 0.2) is 29.5 Å². The Hall–Kier alpha value is -2.97. The summed E-state index contributed by atoms with van der Waals surface area (Å²) in [6, 6.07) is 1.84. The number of nitro benzene ring substituents is 1. The lowest BCUT2D eigenvalue weighted by molar-refractivity contribution is -0.387. The molecule has 0 radical (unpaired) electrons. The minimum atomic E-state index is -1.03. The van der Waals surface area contributed by atoms with Gasteiger partial charge in [-0.3, -0.25) is 10.1 Å². The normalized spacial score (nSPS) is 20.1. The Morgan fingerprint density at radius 3 is 2.66 bits per heavy atom. The van der Waals surface area contributed by atoms with Gasteiger partial charge in [-0.2, -0.15) is 4.39 Å². The predicted molar refractivity (Wildman–Crippen MR) is 102 cm³/mol. The highest BCUT2D eigenvalue weighted by molar-refractivity contribution is 5.95. The van der Waals surface area contributed by atoms with E-state index in [0.29, 0.717) is 24.6 Å². The fourth-order valence-electron chi connectivity index (χ4n) is 3.86. The average Bonchev–Trinajstić information content (AvgIpc) is 2.71. The Morgan fingerprint density at radius 2 is 2.03 bits per heavy atom. The molecule has 1 aromatic rings. The number of hydrogen-bond acceptors (Lipinski definition) is 5. The van der Waals surface area contributed by atoms with Crippen LogP contribution in [0.25, 0.3) is 0 Å². The number of halogens is 1. The van der Waals surface area contributed by atoms with Crippen molar-refractivity contribution in [2.75, 3.05) is 6.61 Å². The Balaban J connectivity index is 1.87. The highest BCUT2D eigenvalue weighted by Crippen LogP contribution is 2.32. The van der Waals surface area contributed by atoms with Gasteiger partial charge in [0, 0.05) is 11.8 Å². The fourth-order valence-corrected chi connectivity index (χ4v) is 3.86. The number of carbonyl (C=O) groups is 2. The largest absolute Gasteiger partial charge is 0.462 e. The minimum Gasteiger partial charge on any atom is -0.462 e. The van der Waals surface area contributed by atoms with Gasteiger partial charge in [0.2, 0.25) is 5.82 Å². The number of urea groups is 1. The Labute approximate surface area is 167 Å². The lowest BCUT2D eigenvalue weighted by atomic mass is 9.90. The summed E-state index contributed by atoms with van der Waals surface area (Å²) < 4.78 is 19.7. The third-order valence-corrected chi connectivity index (χ3v) is 5.40. The zero-order valence-electron chi connectivity index (χ0n) is 16.2. The minimum absolute atomic E-state index is 0.191. The van der Waals surface area contributed by atoms with E-state index in [-0.39, 0.29) is 11.1 Å². The molecular weight excluding hydrogens is 381 g/mol. The summed E-state index contributed by atoms with van der Waals surface area (Å²) in [6.07, 6.45) is 5.82. The number of nitro groups is 1. The number of benzene rings is 1. The van der Waals surface area contributed by atoms with Crippen LogP contribution in [0.1, 0.15) is 57.1 Å². The van der Waals surface area contributed by atoms with Crippen LogP contribution < -0.4 is 10.6 Å². The number of nitrogens with one attached hydrogen (secondary N) is 2. The van der Waals surface area contributed by atoms with Gasteiger partial charge in [0.05, 0.1) is 23.1 Å². The standard InChI is InChI=1S/C20H24FN3O5/c1-2-15-17(19(25)29-11-12-6-4-3-5-7-12)18(23-20(26)22-15)13-8-9-16(24(27)28)14(21)10-13/h8-10,12,18H,2-7,11H2,1H3,(H2,22,23,26). The second-order valence-electron chi connectivity index (χ2n) is 7.35. The van der Waals surface area contributed by atoms with Crippen molar-refractivity contribution in [2.45, 2.75) is 51.5 Å². The Morgan fingerprint density at radius 1 is 1.31 bits per heavy atom. The molecule has 1 aliphatic heterocycles. The first-order valence-electron chi connectivity index (χ1n) is 9.82. The molecule has 0 spiro atoms. The monoisotopic (exact) mass is 405 g/mol. The van der Waals surface area contributed by atoms with Crippen LogP contribution in [0.5, 0.6) is 0 Å². The van der Waals surface area contributed by atoms with Crippen LogP contribution in [-0.4, -0.2) is 23.5 Å². The third-order valence-electron chi connectivity index (χ3n) is 5.40. The Bertz CT molecular complexity index is 849. The summed E-state index contributed by atoms with van der Waals surface area (Å²) in [5.41, 5.74) is 0.149. The maximum atomic E-state index is 14.1. The maximum Gasteiger partial charge on any atom is 0.338 e. The van der Waals surface area contributed by atoms with Crippen LogP contribution in [-0.2, 0) is 9.53 Å². The average molecular weight is 405 g/mol. The fraction of sp³-hybridized carbons (Fsp3) is 0.500. The van der Waals surface area contributed by atoms with Gasteiger partial charge in [0.15, 0.2) is 0 Å². The number of amides is 2. The van der Waals surface area contributed by atoms with Gasteiger partial charge >= 0.3 is 17.7 Å². The molecule has 1 unspecified atom stereocenters. The van der Waals surface area contributed by atoms with Crippen LogP contribution in [0.3, 0.4) is 0 Å². The van der Waals surface area contributed by atoms with E-state index in [0.717, 1.165) is 37.8 Å². The predicted octanol–water partition coefficient (Wildman–Crippen LogP) is 3.88. The van der Waals surface area contributed by atoms with Crippen LogP contribution in [0.2, 0.25) is 0 Å². The molecule has 2 amide bonds. The van der Waals surface area contributed by atoms with E-state index < -0.39 is 34.5 Å². The van der Waals surface area contributed by atoms with E-state index in [2.05, 4.69) is 10.6 Å². The number of allylic oxidation sites excluding steroid dienone is 1. The number of hydrogen-bond donors (Lipinski definition) is 2. The zero-order valence-corrected chi connectivity index (χ0v) is 16.2. The van der Waals surface area contributed by atoms with E-state index >= 15 is 0 Å². The van der Waals surface area contributed by atoms with E-state index in [1.54, 1.807) is 6.92 Å². The lowest BCUT2D eigenvalue weighted by Gasteiger charge is -2.29. The molecule has 2 N–H and O–H groups in total. The maximum absolute atomic E-state index is 14.1. The van der Waals surface area contributed by atoms with Crippen molar-refractivity contribution in [1.29, 1.82) is 0 Å². The molecular formula is C20H24FN3O5. The first-order valence-corrected chi connectivity index (χ1v) is 9.82. The Kier molecular flexibility index (Phi) is 6.46. The van der Waals surface area contributed by atoms with E-state index in [4.69, 9.17) is 4.74 Å². The van der Waals surface area contributed by atoms with Crippen molar-refractivity contribution in [2.24, 2.45) is 5.92 Å². The summed E-state index contributed by atoms with van der Waals surface area (Å²) in [4.78, 5) is 35.0. The van der Waals surface area contributed by atoms with Crippen LogP contribution in [0, 0.1) is 21.8 Å².